The smallest absolute Gasteiger partial charge is 0.328 e. The molecule has 4 aliphatic carbocycles. The van der Waals surface area contributed by atoms with Crippen molar-refractivity contribution in [2.75, 3.05) is 6.61 Å². The number of carbonyl (C=O) groups excluding carboxylic acids is 1. The molecule has 0 radical (unpaired) electrons. The van der Waals surface area contributed by atoms with Crippen LogP contribution in [0.25, 0.3) is 0 Å². The van der Waals surface area contributed by atoms with Gasteiger partial charge in [0.05, 0.1) is 6.61 Å². The van der Waals surface area contributed by atoms with Crippen LogP contribution < -0.4 is 5.32 Å². The van der Waals surface area contributed by atoms with Crippen molar-refractivity contribution < 1.29 is 19.8 Å². The van der Waals surface area contributed by atoms with Crippen LogP contribution in [0.3, 0.4) is 0 Å². The highest BCUT2D eigenvalue weighted by atomic mass is 16.4. The first kappa shape index (κ1) is 13.9. The second kappa shape index (κ2) is 5.02. The minimum absolute atomic E-state index is 0.108. The molecule has 0 aromatic rings. The van der Waals surface area contributed by atoms with Crippen molar-refractivity contribution in [2.45, 2.75) is 51.0 Å². The van der Waals surface area contributed by atoms with Gasteiger partial charge in [-0.3, -0.25) is 4.79 Å². The van der Waals surface area contributed by atoms with E-state index in [1.807, 2.05) is 0 Å². The molecule has 1 atom stereocenters. The fraction of sp³-hybridized carbons (Fsp3) is 0.867. The molecule has 0 spiro atoms. The number of rotatable bonds is 5. The molecule has 5 heteroatoms. The van der Waals surface area contributed by atoms with Crippen molar-refractivity contribution in [3.8, 4) is 0 Å². The number of amides is 1. The van der Waals surface area contributed by atoms with Gasteiger partial charge < -0.3 is 15.5 Å². The molecule has 0 heterocycles. The van der Waals surface area contributed by atoms with E-state index in [0.29, 0.717) is 6.42 Å². The molecule has 0 saturated heterocycles. The number of aliphatic hydroxyl groups excluding tert-OH is 1. The molecule has 0 aromatic carbocycles. The van der Waals surface area contributed by atoms with Crippen molar-refractivity contribution >= 4 is 11.9 Å². The van der Waals surface area contributed by atoms with Crippen molar-refractivity contribution in [1.29, 1.82) is 0 Å². The van der Waals surface area contributed by atoms with Gasteiger partial charge >= 0.3 is 5.97 Å². The molecule has 112 valence electrons. The molecule has 20 heavy (non-hydrogen) atoms. The summed E-state index contributed by atoms with van der Waals surface area (Å²) < 4.78 is 0. The largest absolute Gasteiger partial charge is 0.480 e. The summed E-state index contributed by atoms with van der Waals surface area (Å²) in [4.78, 5) is 23.0. The average Bonchev–Trinajstić information content (AvgIpc) is 2.33. The van der Waals surface area contributed by atoms with Gasteiger partial charge in [-0.25, -0.2) is 4.79 Å². The van der Waals surface area contributed by atoms with Crippen LogP contribution in [0.2, 0.25) is 0 Å². The van der Waals surface area contributed by atoms with Gasteiger partial charge in [-0.1, -0.05) is 0 Å². The lowest BCUT2D eigenvalue weighted by atomic mass is 9.49. The lowest BCUT2D eigenvalue weighted by molar-refractivity contribution is -0.144. The Morgan fingerprint density at radius 1 is 1.10 bits per heavy atom. The quantitative estimate of drug-likeness (QED) is 0.705. The first-order valence-corrected chi connectivity index (χ1v) is 7.63. The third-order valence-electron chi connectivity index (χ3n) is 5.52. The number of nitrogens with one attached hydrogen (secondary N) is 1. The molecule has 4 aliphatic rings. The van der Waals surface area contributed by atoms with E-state index in [0.717, 1.165) is 37.0 Å². The molecule has 0 unspecified atom stereocenters. The molecule has 4 saturated carbocycles. The van der Waals surface area contributed by atoms with Crippen molar-refractivity contribution in [3.63, 3.8) is 0 Å². The van der Waals surface area contributed by atoms with Gasteiger partial charge in [-0.2, -0.15) is 0 Å². The van der Waals surface area contributed by atoms with E-state index in [4.69, 9.17) is 10.2 Å². The second-order valence-corrected chi connectivity index (χ2v) is 7.24. The molecular weight excluding hydrogens is 258 g/mol. The van der Waals surface area contributed by atoms with Crippen LogP contribution in [0.5, 0.6) is 0 Å². The minimum atomic E-state index is -1.17. The van der Waals surface area contributed by atoms with Crippen molar-refractivity contribution in [3.05, 3.63) is 0 Å². The fourth-order valence-electron chi connectivity index (χ4n) is 5.28. The maximum Gasteiger partial charge on any atom is 0.328 e. The molecule has 4 bridgehead atoms. The molecule has 0 aromatic heterocycles. The highest BCUT2D eigenvalue weighted by Crippen LogP contribution is 2.61. The van der Waals surface area contributed by atoms with Crippen LogP contribution >= 0.6 is 0 Å². The highest BCUT2D eigenvalue weighted by Gasteiger charge is 2.51. The first-order chi connectivity index (χ1) is 9.49. The van der Waals surface area contributed by atoms with E-state index in [1.54, 1.807) is 0 Å². The Morgan fingerprint density at radius 3 is 2.00 bits per heavy atom. The van der Waals surface area contributed by atoms with Gasteiger partial charge in [0.15, 0.2) is 0 Å². The van der Waals surface area contributed by atoms with Crippen LogP contribution in [0, 0.1) is 23.2 Å². The van der Waals surface area contributed by atoms with Gasteiger partial charge in [0, 0.05) is 6.42 Å². The van der Waals surface area contributed by atoms with Crippen LogP contribution in [0.1, 0.15) is 44.9 Å². The van der Waals surface area contributed by atoms with E-state index in [-0.39, 0.29) is 11.3 Å². The Kier molecular flexibility index (Phi) is 3.48. The summed E-state index contributed by atoms with van der Waals surface area (Å²) >= 11 is 0. The Hall–Kier alpha value is -1.10. The maximum atomic E-state index is 12.1. The topological polar surface area (TPSA) is 86.6 Å². The van der Waals surface area contributed by atoms with Gasteiger partial charge in [0.1, 0.15) is 6.04 Å². The number of carboxylic acids is 1. The summed E-state index contributed by atoms with van der Waals surface area (Å²) in [5.74, 6) is 0.950. The van der Waals surface area contributed by atoms with E-state index in [9.17, 15) is 9.59 Å². The Labute approximate surface area is 118 Å². The summed E-state index contributed by atoms with van der Waals surface area (Å²) in [6, 6.07) is -1.17. The van der Waals surface area contributed by atoms with Gasteiger partial charge in [-0.05, 0) is 61.7 Å². The average molecular weight is 281 g/mol. The molecule has 0 aliphatic heterocycles. The van der Waals surface area contributed by atoms with Gasteiger partial charge in [0.2, 0.25) is 5.91 Å². The third-order valence-corrected chi connectivity index (χ3v) is 5.52. The fourth-order valence-corrected chi connectivity index (χ4v) is 5.28. The zero-order valence-corrected chi connectivity index (χ0v) is 11.7. The van der Waals surface area contributed by atoms with E-state index in [2.05, 4.69) is 5.32 Å². The minimum Gasteiger partial charge on any atom is -0.480 e. The molecular formula is C15H23NO4. The number of hydrogen-bond acceptors (Lipinski definition) is 3. The predicted molar refractivity (Wildman–Crippen MR) is 71.9 cm³/mol. The standard InChI is InChI=1S/C15H23NO4/c17-8-12(14(19)20)16-13(18)7-15-4-9-1-10(5-15)3-11(2-9)6-15/h9-12,17H,1-8H2,(H,16,18)(H,19,20)/t9?,10?,11?,12-,15?/m1/s1. The highest BCUT2D eigenvalue weighted by molar-refractivity contribution is 5.84. The number of carbonyl (C=O) groups is 2. The lowest BCUT2D eigenvalue weighted by Crippen LogP contribution is -2.50. The summed E-state index contributed by atoms with van der Waals surface area (Å²) in [5.41, 5.74) is 0.108. The number of carboxylic acid groups (broad SMARTS) is 1. The first-order valence-electron chi connectivity index (χ1n) is 7.63. The number of hydrogen-bond donors (Lipinski definition) is 3. The summed E-state index contributed by atoms with van der Waals surface area (Å²) in [6.07, 6.45) is 7.80. The van der Waals surface area contributed by atoms with Crippen molar-refractivity contribution in [1.82, 2.24) is 5.32 Å². The molecule has 4 rings (SSSR count). The monoisotopic (exact) mass is 281 g/mol. The van der Waals surface area contributed by atoms with Crippen LogP contribution in [-0.4, -0.2) is 34.7 Å². The Balaban J connectivity index is 1.62. The third kappa shape index (κ3) is 2.55. The summed E-state index contributed by atoms with van der Waals surface area (Å²) in [6.45, 7) is -0.554. The van der Waals surface area contributed by atoms with Crippen LogP contribution in [-0.2, 0) is 9.59 Å². The predicted octanol–water partition coefficient (Wildman–Crippen LogP) is 1.15. The molecule has 1 amide bonds. The Bertz CT molecular complexity index is 385. The lowest BCUT2D eigenvalue weighted by Gasteiger charge is -2.56. The van der Waals surface area contributed by atoms with Crippen LogP contribution in [0.4, 0.5) is 0 Å². The van der Waals surface area contributed by atoms with E-state index >= 15 is 0 Å². The van der Waals surface area contributed by atoms with Gasteiger partial charge in [0.25, 0.3) is 0 Å². The Morgan fingerprint density at radius 2 is 1.60 bits per heavy atom. The molecule has 4 fully saturated rings. The summed E-state index contributed by atoms with van der Waals surface area (Å²) in [5, 5.41) is 20.3. The molecule has 5 nitrogen and oxygen atoms in total. The maximum absolute atomic E-state index is 12.1. The van der Waals surface area contributed by atoms with E-state index in [1.165, 1.54) is 19.3 Å². The normalized spacial score (nSPS) is 39.5. The SMILES string of the molecule is O=C(CC12CC3CC(CC(C3)C1)C2)N[C@H](CO)C(=O)O. The summed E-state index contributed by atoms with van der Waals surface area (Å²) in [7, 11) is 0. The van der Waals surface area contributed by atoms with E-state index < -0.39 is 18.6 Å². The zero-order chi connectivity index (χ0) is 14.3. The van der Waals surface area contributed by atoms with Crippen LogP contribution in [0.15, 0.2) is 0 Å². The molecule has 3 N–H and O–H groups in total. The zero-order valence-electron chi connectivity index (χ0n) is 11.7. The second-order valence-electron chi connectivity index (χ2n) is 7.24. The van der Waals surface area contributed by atoms with Gasteiger partial charge in [-0.15, -0.1) is 0 Å². The number of aliphatic carboxylic acids is 1. The van der Waals surface area contributed by atoms with Crippen molar-refractivity contribution in [2.24, 2.45) is 23.2 Å². The number of aliphatic hydroxyl groups is 1.